The molecule has 1 aromatic heterocycles. The van der Waals surface area contributed by atoms with Crippen molar-refractivity contribution in [3.8, 4) is 11.3 Å². The topological polar surface area (TPSA) is 26.5 Å². The highest BCUT2D eigenvalue weighted by Crippen LogP contribution is 2.25. The second kappa shape index (κ2) is 7.56. The van der Waals surface area contributed by atoms with Crippen LogP contribution in [0.25, 0.3) is 11.3 Å². The van der Waals surface area contributed by atoms with E-state index in [9.17, 15) is 4.39 Å². The first-order chi connectivity index (χ1) is 12.7. The van der Waals surface area contributed by atoms with Crippen LogP contribution in [0.5, 0.6) is 0 Å². The van der Waals surface area contributed by atoms with E-state index >= 15 is 0 Å². The molecule has 0 saturated carbocycles. The van der Waals surface area contributed by atoms with E-state index in [1.165, 1.54) is 23.0 Å². The average Bonchev–Trinajstić information content (AvgIpc) is 3.29. The molecule has 3 aromatic rings. The first kappa shape index (κ1) is 17.2. The van der Waals surface area contributed by atoms with Gasteiger partial charge in [-0.1, -0.05) is 29.8 Å². The number of aromatic nitrogens is 1. The fraction of sp³-hybridized carbons (Fsp3) is 0.286. The second-order valence-corrected chi connectivity index (χ2v) is 7.41. The first-order valence-corrected chi connectivity index (χ1v) is 9.75. The van der Waals surface area contributed by atoms with E-state index in [4.69, 9.17) is 9.73 Å². The molecule has 4 rings (SSSR count). The average molecular weight is 368 g/mol. The molecule has 0 bridgehead atoms. The summed E-state index contributed by atoms with van der Waals surface area (Å²) in [6, 6.07) is 15.0. The summed E-state index contributed by atoms with van der Waals surface area (Å²) >= 11 is 1.54. The highest BCUT2D eigenvalue weighted by Gasteiger charge is 2.20. The van der Waals surface area contributed by atoms with Crippen LogP contribution in [0.2, 0.25) is 0 Å². The molecule has 1 atom stereocenters. The minimum absolute atomic E-state index is 0.159. The van der Waals surface area contributed by atoms with E-state index in [2.05, 4.69) is 23.6 Å². The summed E-state index contributed by atoms with van der Waals surface area (Å²) in [7, 11) is 0. The predicted molar refractivity (Wildman–Crippen MR) is 103 cm³/mol. The molecule has 1 aliphatic rings. The van der Waals surface area contributed by atoms with Gasteiger partial charge in [-0.05, 0) is 44.0 Å². The Bertz CT molecular complexity index is 953. The van der Waals surface area contributed by atoms with Gasteiger partial charge in [-0.25, -0.2) is 9.38 Å². The van der Waals surface area contributed by atoms with Crippen LogP contribution in [0, 0.1) is 12.7 Å². The minimum atomic E-state index is -0.215. The van der Waals surface area contributed by atoms with Crippen LogP contribution < -0.4 is 4.80 Å². The van der Waals surface area contributed by atoms with Crippen molar-refractivity contribution in [3.63, 3.8) is 0 Å². The smallest absolute Gasteiger partial charge is 0.190 e. The van der Waals surface area contributed by atoms with Crippen LogP contribution in [0.3, 0.4) is 0 Å². The van der Waals surface area contributed by atoms with Crippen molar-refractivity contribution in [2.75, 3.05) is 6.61 Å². The molecule has 1 fully saturated rings. The van der Waals surface area contributed by atoms with Gasteiger partial charge in [0.15, 0.2) is 4.80 Å². The monoisotopic (exact) mass is 368 g/mol. The van der Waals surface area contributed by atoms with Crippen molar-refractivity contribution in [2.45, 2.75) is 32.4 Å². The molecule has 0 radical (unpaired) electrons. The van der Waals surface area contributed by atoms with Crippen molar-refractivity contribution in [3.05, 3.63) is 70.1 Å². The van der Waals surface area contributed by atoms with E-state index in [0.717, 1.165) is 35.6 Å². The third-order valence-corrected chi connectivity index (χ3v) is 5.48. The third kappa shape index (κ3) is 3.64. The van der Waals surface area contributed by atoms with Gasteiger partial charge in [0, 0.05) is 17.6 Å². The van der Waals surface area contributed by atoms with Crippen molar-refractivity contribution >= 4 is 17.0 Å². The Balaban J connectivity index is 1.81. The highest BCUT2D eigenvalue weighted by atomic mass is 32.1. The van der Waals surface area contributed by atoms with Crippen molar-refractivity contribution in [2.24, 2.45) is 4.99 Å². The molecule has 1 saturated heterocycles. The Morgan fingerprint density at radius 2 is 2.00 bits per heavy atom. The summed E-state index contributed by atoms with van der Waals surface area (Å²) in [5.41, 5.74) is 3.56. The van der Waals surface area contributed by atoms with Gasteiger partial charge in [0.25, 0.3) is 0 Å². The largest absolute Gasteiger partial charge is 0.376 e. The molecule has 0 amide bonds. The Kier molecular flexibility index (Phi) is 5.00. The van der Waals surface area contributed by atoms with Crippen LogP contribution in [0.4, 0.5) is 10.1 Å². The van der Waals surface area contributed by atoms with E-state index in [1.807, 2.05) is 29.6 Å². The number of halogens is 1. The number of ether oxygens (including phenoxy) is 1. The summed E-state index contributed by atoms with van der Waals surface area (Å²) in [5, 5.41) is 1.99. The number of aryl methyl sites for hydroxylation is 1. The predicted octanol–water partition coefficient (Wildman–Crippen LogP) is 5.08. The summed E-state index contributed by atoms with van der Waals surface area (Å²) in [6.07, 6.45) is 2.27. The van der Waals surface area contributed by atoms with Crippen molar-refractivity contribution in [1.82, 2.24) is 4.57 Å². The SMILES string of the molecule is Cc1ccc(N=c2scc(-c3ccccc3F)n2CC2CCCO2)cc1. The highest BCUT2D eigenvalue weighted by molar-refractivity contribution is 7.07. The van der Waals surface area contributed by atoms with Gasteiger partial charge in [-0.3, -0.25) is 0 Å². The van der Waals surface area contributed by atoms with Crippen LogP contribution in [-0.4, -0.2) is 17.3 Å². The molecular formula is C21H21FN2OS. The van der Waals surface area contributed by atoms with Gasteiger partial charge in [0.2, 0.25) is 0 Å². The van der Waals surface area contributed by atoms with Crippen LogP contribution in [0.15, 0.2) is 58.9 Å². The second-order valence-electron chi connectivity index (χ2n) is 6.58. The van der Waals surface area contributed by atoms with E-state index < -0.39 is 0 Å². The summed E-state index contributed by atoms with van der Waals surface area (Å²) in [6.45, 7) is 3.55. The lowest BCUT2D eigenvalue weighted by Crippen LogP contribution is -2.24. The van der Waals surface area contributed by atoms with Crippen molar-refractivity contribution in [1.29, 1.82) is 0 Å². The maximum Gasteiger partial charge on any atom is 0.190 e. The number of rotatable bonds is 4. The number of nitrogens with zero attached hydrogens (tertiary/aromatic N) is 2. The molecule has 5 heteroatoms. The molecule has 3 nitrogen and oxygen atoms in total. The summed E-state index contributed by atoms with van der Waals surface area (Å²) in [4.78, 5) is 5.67. The molecule has 1 aliphatic heterocycles. The number of benzene rings is 2. The van der Waals surface area contributed by atoms with Crippen LogP contribution in [0.1, 0.15) is 18.4 Å². The summed E-state index contributed by atoms with van der Waals surface area (Å²) in [5.74, 6) is -0.215. The standard InChI is InChI=1S/C21H21FN2OS/c1-15-8-10-16(11-9-15)23-21-24(13-17-5-4-12-25-17)20(14-26-21)18-6-2-3-7-19(18)22/h2-3,6-11,14,17H,4-5,12-13H2,1H3. The van der Waals surface area contributed by atoms with Gasteiger partial charge in [0.1, 0.15) is 5.82 Å². The first-order valence-electron chi connectivity index (χ1n) is 8.87. The zero-order chi connectivity index (χ0) is 17.9. The Morgan fingerprint density at radius 3 is 2.73 bits per heavy atom. The van der Waals surface area contributed by atoms with Crippen LogP contribution in [-0.2, 0) is 11.3 Å². The zero-order valence-electron chi connectivity index (χ0n) is 14.7. The quantitative estimate of drug-likeness (QED) is 0.631. The van der Waals surface area contributed by atoms with E-state index in [-0.39, 0.29) is 11.9 Å². The zero-order valence-corrected chi connectivity index (χ0v) is 15.5. The minimum Gasteiger partial charge on any atom is -0.376 e. The van der Waals surface area contributed by atoms with Gasteiger partial charge < -0.3 is 9.30 Å². The third-order valence-electron chi connectivity index (χ3n) is 4.62. The lowest BCUT2D eigenvalue weighted by atomic mass is 10.1. The molecule has 26 heavy (non-hydrogen) atoms. The van der Waals surface area contributed by atoms with Crippen LogP contribution >= 0.6 is 11.3 Å². The summed E-state index contributed by atoms with van der Waals surface area (Å²) < 4.78 is 22.3. The Morgan fingerprint density at radius 1 is 1.19 bits per heavy atom. The molecule has 0 spiro atoms. The molecule has 1 unspecified atom stereocenters. The maximum absolute atomic E-state index is 14.4. The lowest BCUT2D eigenvalue weighted by molar-refractivity contribution is 0.0967. The van der Waals surface area contributed by atoms with E-state index in [1.54, 1.807) is 6.07 Å². The molecular weight excluding hydrogens is 347 g/mol. The molecule has 134 valence electrons. The number of hydrogen-bond donors (Lipinski definition) is 0. The van der Waals surface area contributed by atoms with Gasteiger partial charge in [0.05, 0.1) is 24.0 Å². The van der Waals surface area contributed by atoms with Gasteiger partial charge in [-0.15, -0.1) is 11.3 Å². The van der Waals surface area contributed by atoms with Gasteiger partial charge in [-0.2, -0.15) is 0 Å². The fourth-order valence-electron chi connectivity index (χ4n) is 3.20. The van der Waals surface area contributed by atoms with Crippen molar-refractivity contribution < 1.29 is 9.13 Å². The number of hydrogen-bond acceptors (Lipinski definition) is 3. The Labute approximate surface area is 156 Å². The molecule has 2 heterocycles. The van der Waals surface area contributed by atoms with E-state index in [0.29, 0.717) is 12.1 Å². The normalized spacial score (nSPS) is 17.8. The fourth-order valence-corrected chi connectivity index (χ4v) is 4.13. The lowest BCUT2D eigenvalue weighted by Gasteiger charge is -2.14. The molecule has 0 aliphatic carbocycles. The molecule has 0 N–H and O–H groups in total. The molecule has 2 aromatic carbocycles. The maximum atomic E-state index is 14.4. The van der Waals surface area contributed by atoms with Gasteiger partial charge >= 0.3 is 0 Å². The Hall–Kier alpha value is -2.24. The number of thiazole rings is 1.